The van der Waals surface area contributed by atoms with Crippen molar-refractivity contribution in [3.05, 3.63) is 41.3 Å². The number of nitrogens with zero attached hydrogens (tertiary/aromatic N) is 3. The maximum Gasteiger partial charge on any atom is 0.153 e. The minimum atomic E-state index is 0.842. The first-order valence-electron chi connectivity index (χ1n) is 5.89. The summed E-state index contributed by atoms with van der Waals surface area (Å²) in [4.78, 5) is 4.37. The van der Waals surface area contributed by atoms with Crippen LogP contribution in [0, 0.1) is 6.92 Å². The van der Waals surface area contributed by atoms with Crippen LogP contribution in [-0.2, 0) is 13.0 Å². The van der Waals surface area contributed by atoms with E-state index in [4.69, 9.17) is 0 Å². The maximum absolute atomic E-state index is 4.43. The summed E-state index contributed by atoms with van der Waals surface area (Å²) in [5.41, 5.74) is 3.65. The van der Waals surface area contributed by atoms with Gasteiger partial charge in [-0.3, -0.25) is 0 Å². The first-order valence-corrected chi connectivity index (χ1v) is 5.89. The second-order valence-corrected chi connectivity index (χ2v) is 4.10. The molecule has 4 heteroatoms. The van der Waals surface area contributed by atoms with Crippen LogP contribution in [0.4, 0.5) is 0 Å². The summed E-state index contributed by atoms with van der Waals surface area (Å²) in [7, 11) is 1.95. The van der Waals surface area contributed by atoms with Crippen LogP contribution in [0.25, 0.3) is 5.82 Å². The number of aromatic nitrogens is 3. The molecule has 2 heterocycles. The number of rotatable bonds is 4. The molecule has 0 bridgehead atoms. The summed E-state index contributed by atoms with van der Waals surface area (Å²) < 4.78 is 1.93. The minimum absolute atomic E-state index is 0.842. The highest BCUT2D eigenvalue weighted by Gasteiger charge is 2.10. The van der Waals surface area contributed by atoms with Gasteiger partial charge in [-0.15, -0.1) is 0 Å². The van der Waals surface area contributed by atoms with Gasteiger partial charge in [0.05, 0.1) is 11.9 Å². The highest BCUT2D eigenvalue weighted by atomic mass is 15.3. The van der Waals surface area contributed by atoms with Crippen molar-refractivity contribution in [1.29, 1.82) is 0 Å². The standard InChI is InChI=1S/C13H18N4/c1-4-12-11(8-14-3)9-16-17(12)13-7-10(2)5-6-15-13/h5-7,9,14H,4,8H2,1-3H3. The smallest absolute Gasteiger partial charge is 0.153 e. The van der Waals surface area contributed by atoms with Gasteiger partial charge in [-0.2, -0.15) is 5.10 Å². The van der Waals surface area contributed by atoms with E-state index in [9.17, 15) is 0 Å². The molecule has 17 heavy (non-hydrogen) atoms. The predicted molar refractivity (Wildman–Crippen MR) is 68.2 cm³/mol. The molecule has 0 aromatic carbocycles. The molecule has 0 aliphatic heterocycles. The fourth-order valence-electron chi connectivity index (χ4n) is 1.96. The third-order valence-electron chi connectivity index (χ3n) is 2.78. The minimum Gasteiger partial charge on any atom is -0.316 e. The molecule has 0 atom stereocenters. The average molecular weight is 230 g/mol. The molecule has 0 fully saturated rings. The van der Waals surface area contributed by atoms with E-state index in [1.54, 1.807) is 0 Å². The quantitative estimate of drug-likeness (QED) is 0.871. The second kappa shape index (κ2) is 5.10. The normalized spacial score (nSPS) is 10.8. The van der Waals surface area contributed by atoms with Crippen molar-refractivity contribution in [2.24, 2.45) is 0 Å². The molecule has 0 unspecified atom stereocenters. The van der Waals surface area contributed by atoms with Crippen LogP contribution >= 0.6 is 0 Å². The van der Waals surface area contributed by atoms with Gasteiger partial charge < -0.3 is 5.32 Å². The number of hydrogen-bond donors (Lipinski definition) is 1. The molecule has 2 aromatic heterocycles. The Bertz CT molecular complexity index is 502. The first kappa shape index (κ1) is 11.8. The third-order valence-corrected chi connectivity index (χ3v) is 2.78. The Hall–Kier alpha value is -1.68. The zero-order valence-electron chi connectivity index (χ0n) is 10.6. The Morgan fingerprint density at radius 1 is 1.41 bits per heavy atom. The monoisotopic (exact) mass is 230 g/mol. The predicted octanol–water partition coefficient (Wildman–Crippen LogP) is 1.86. The largest absolute Gasteiger partial charge is 0.316 e. The molecule has 0 amide bonds. The summed E-state index contributed by atoms with van der Waals surface area (Å²) in [6, 6.07) is 4.04. The van der Waals surface area contributed by atoms with Crippen molar-refractivity contribution in [3.63, 3.8) is 0 Å². The van der Waals surface area contributed by atoms with Gasteiger partial charge in [0.25, 0.3) is 0 Å². The van der Waals surface area contributed by atoms with E-state index in [1.165, 1.54) is 16.8 Å². The van der Waals surface area contributed by atoms with Crippen LogP contribution in [0.5, 0.6) is 0 Å². The third kappa shape index (κ3) is 2.36. The Morgan fingerprint density at radius 3 is 2.88 bits per heavy atom. The lowest BCUT2D eigenvalue weighted by Gasteiger charge is -2.07. The molecule has 2 aromatic rings. The van der Waals surface area contributed by atoms with Crippen LogP contribution < -0.4 is 5.32 Å². The van der Waals surface area contributed by atoms with Gasteiger partial charge in [-0.25, -0.2) is 9.67 Å². The Balaban J connectivity index is 2.45. The van der Waals surface area contributed by atoms with Crippen molar-refractivity contribution in [2.45, 2.75) is 26.8 Å². The Kier molecular flexibility index (Phi) is 3.54. The Morgan fingerprint density at radius 2 is 2.24 bits per heavy atom. The molecule has 2 rings (SSSR count). The SMILES string of the molecule is CCc1c(CNC)cnn1-c1cc(C)ccn1. The summed E-state index contributed by atoms with van der Waals surface area (Å²) in [5, 5.41) is 7.59. The topological polar surface area (TPSA) is 42.7 Å². The molecular formula is C13H18N4. The summed E-state index contributed by atoms with van der Waals surface area (Å²) in [6.45, 7) is 5.05. The molecule has 0 aliphatic rings. The lowest BCUT2D eigenvalue weighted by molar-refractivity contribution is 0.766. The average Bonchev–Trinajstić information content (AvgIpc) is 2.72. The molecule has 90 valence electrons. The van der Waals surface area contributed by atoms with E-state index < -0.39 is 0 Å². The van der Waals surface area contributed by atoms with Gasteiger partial charge in [0.1, 0.15) is 0 Å². The van der Waals surface area contributed by atoms with Crippen LogP contribution in [0.2, 0.25) is 0 Å². The fourth-order valence-corrected chi connectivity index (χ4v) is 1.96. The van der Waals surface area contributed by atoms with Crippen molar-refractivity contribution >= 4 is 0 Å². The van der Waals surface area contributed by atoms with E-state index in [1.807, 2.05) is 30.2 Å². The lowest BCUT2D eigenvalue weighted by atomic mass is 10.2. The number of aryl methyl sites for hydroxylation is 1. The van der Waals surface area contributed by atoms with Crippen LogP contribution in [0.15, 0.2) is 24.5 Å². The van der Waals surface area contributed by atoms with Gasteiger partial charge in [-0.1, -0.05) is 6.92 Å². The molecule has 0 saturated carbocycles. The van der Waals surface area contributed by atoms with E-state index in [2.05, 4.69) is 35.3 Å². The van der Waals surface area contributed by atoms with Gasteiger partial charge in [-0.05, 0) is 38.1 Å². The number of pyridine rings is 1. The zero-order valence-corrected chi connectivity index (χ0v) is 10.6. The van der Waals surface area contributed by atoms with E-state index in [0.29, 0.717) is 0 Å². The molecule has 0 spiro atoms. The first-order chi connectivity index (χ1) is 8.26. The van der Waals surface area contributed by atoms with Gasteiger partial charge in [0, 0.05) is 18.3 Å². The summed E-state index contributed by atoms with van der Waals surface area (Å²) in [5.74, 6) is 0.893. The molecule has 0 saturated heterocycles. The van der Waals surface area contributed by atoms with Crippen molar-refractivity contribution in [3.8, 4) is 5.82 Å². The highest BCUT2D eigenvalue weighted by Crippen LogP contribution is 2.14. The van der Waals surface area contributed by atoms with E-state index in [-0.39, 0.29) is 0 Å². The number of nitrogens with one attached hydrogen (secondary N) is 1. The molecule has 4 nitrogen and oxygen atoms in total. The van der Waals surface area contributed by atoms with Crippen molar-refractivity contribution < 1.29 is 0 Å². The summed E-state index contributed by atoms with van der Waals surface area (Å²) >= 11 is 0. The van der Waals surface area contributed by atoms with E-state index in [0.717, 1.165) is 18.8 Å². The molecule has 1 N–H and O–H groups in total. The van der Waals surface area contributed by atoms with Crippen LogP contribution in [0.1, 0.15) is 23.7 Å². The molecule has 0 aliphatic carbocycles. The zero-order chi connectivity index (χ0) is 12.3. The van der Waals surface area contributed by atoms with Gasteiger partial charge in [0.15, 0.2) is 5.82 Å². The van der Waals surface area contributed by atoms with Crippen LogP contribution in [-0.4, -0.2) is 21.8 Å². The van der Waals surface area contributed by atoms with Gasteiger partial charge >= 0.3 is 0 Å². The molecular weight excluding hydrogens is 212 g/mol. The second-order valence-electron chi connectivity index (χ2n) is 4.10. The van der Waals surface area contributed by atoms with E-state index >= 15 is 0 Å². The lowest BCUT2D eigenvalue weighted by Crippen LogP contribution is -2.09. The maximum atomic E-state index is 4.43. The summed E-state index contributed by atoms with van der Waals surface area (Å²) in [6.07, 6.45) is 4.69. The number of hydrogen-bond acceptors (Lipinski definition) is 3. The van der Waals surface area contributed by atoms with Gasteiger partial charge in [0.2, 0.25) is 0 Å². The highest BCUT2D eigenvalue weighted by molar-refractivity contribution is 5.31. The van der Waals surface area contributed by atoms with Crippen molar-refractivity contribution in [1.82, 2.24) is 20.1 Å². The molecule has 0 radical (unpaired) electrons. The Labute approximate surface area is 102 Å². The fraction of sp³-hybridized carbons (Fsp3) is 0.385. The van der Waals surface area contributed by atoms with Crippen molar-refractivity contribution in [2.75, 3.05) is 7.05 Å². The van der Waals surface area contributed by atoms with Crippen LogP contribution in [0.3, 0.4) is 0 Å².